The highest BCUT2D eigenvalue weighted by Crippen LogP contribution is 2.18. The number of rotatable bonds is 6. The fourth-order valence-corrected chi connectivity index (χ4v) is 3.14. The van der Waals surface area contributed by atoms with Gasteiger partial charge in [0.25, 0.3) is 5.91 Å². The third-order valence-electron chi connectivity index (χ3n) is 4.73. The van der Waals surface area contributed by atoms with Crippen LogP contribution in [-0.2, 0) is 11.3 Å². The third-order valence-corrected chi connectivity index (χ3v) is 4.73. The van der Waals surface area contributed by atoms with Gasteiger partial charge in [0.2, 0.25) is 5.91 Å². The topological polar surface area (TPSA) is 74.3 Å². The predicted molar refractivity (Wildman–Crippen MR) is 106 cm³/mol. The van der Waals surface area contributed by atoms with Crippen LogP contribution in [0.3, 0.4) is 0 Å². The Morgan fingerprint density at radius 3 is 2.59 bits per heavy atom. The van der Waals surface area contributed by atoms with Gasteiger partial charge < -0.3 is 15.5 Å². The number of benzene rings is 1. The first-order chi connectivity index (χ1) is 13.1. The second-order valence-electron chi connectivity index (χ2n) is 6.85. The van der Waals surface area contributed by atoms with Gasteiger partial charge in [-0.25, -0.2) is 4.98 Å². The van der Waals surface area contributed by atoms with Gasteiger partial charge in [-0.05, 0) is 56.0 Å². The lowest BCUT2D eigenvalue weighted by atomic mass is 10.1. The molecule has 1 aliphatic rings. The molecule has 0 saturated carbocycles. The number of pyridine rings is 1. The Balaban J connectivity index is 1.51. The summed E-state index contributed by atoms with van der Waals surface area (Å²) < 4.78 is 0. The fraction of sp³-hybridized carbons (Fsp3) is 0.381. The van der Waals surface area contributed by atoms with Crippen LogP contribution in [0.25, 0.3) is 0 Å². The molecule has 27 heavy (non-hydrogen) atoms. The van der Waals surface area contributed by atoms with Crippen LogP contribution in [0, 0.1) is 0 Å². The first kappa shape index (κ1) is 18.9. The first-order valence-electron chi connectivity index (χ1n) is 9.47. The highest BCUT2D eigenvalue weighted by atomic mass is 16.2. The molecule has 0 aliphatic carbocycles. The van der Waals surface area contributed by atoms with E-state index in [9.17, 15) is 9.59 Å². The maximum atomic E-state index is 12.3. The number of amides is 2. The van der Waals surface area contributed by atoms with E-state index >= 15 is 0 Å². The lowest BCUT2D eigenvalue weighted by Gasteiger charge is -2.28. The van der Waals surface area contributed by atoms with Crippen molar-refractivity contribution in [2.24, 2.45) is 0 Å². The number of nitrogens with zero attached hydrogens (tertiary/aromatic N) is 2. The summed E-state index contributed by atoms with van der Waals surface area (Å²) in [5.74, 6) is 0.497. The molecule has 1 aromatic carbocycles. The summed E-state index contributed by atoms with van der Waals surface area (Å²) >= 11 is 0. The molecule has 1 unspecified atom stereocenters. The van der Waals surface area contributed by atoms with E-state index in [0.717, 1.165) is 24.5 Å². The number of piperidine rings is 1. The van der Waals surface area contributed by atoms with E-state index in [1.165, 1.54) is 19.3 Å². The maximum Gasteiger partial charge on any atom is 0.251 e. The molecular weight excluding hydrogens is 340 g/mol. The number of hydrogen-bond donors (Lipinski definition) is 2. The number of anilines is 1. The van der Waals surface area contributed by atoms with Crippen molar-refractivity contribution in [2.75, 3.05) is 18.0 Å². The molecule has 1 fully saturated rings. The number of carbonyl (C=O) groups excluding carboxylic acids is 2. The van der Waals surface area contributed by atoms with Crippen molar-refractivity contribution >= 4 is 17.6 Å². The SMILES string of the molecule is CC(NC(=O)c1ccccc1)C(=O)NCc1ccnc(N2CCCCC2)c1. The van der Waals surface area contributed by atoms with Crippen LogP contribution in [0.15, 0.2) is 48.7 Å². The van der Waals surface area contributed by atoms with E-state index in [2.05, 4.69) is 20.5 Å². The van der Waals surface area contributed by atoms with E-state index in [1.807, 2.05) is 18.2 Å². The molecular formula is C21H26N4O2. The normalized spacial score (nSPS) is 15.1. The van der Waals surface area contributed by atoms with Crippen LogP contribution in [0.4, 0.5) is 5.82 Å². The standard InChI is InChI=1S/C21H26N4O2/c1-16(24-21(27)18-8-4-2-5-9-18)20(26)23-15-17-10-11-22-19(14-17)25-12-6-3-7-13-25/h2,4-5,8-11,14,16H,3,6-7,12-13,15H2,1H3,(H,23,26)(H,24,27). The average molecular weight is 366 g/mol. The summed E-state index contributed by atoms with van der Waals surface area (Å²) in [6.45, 7) is 4.16. The number of nitrogens with one attached hydrogen (secondary N) is 2. The Morgan fingerprint density at radius 1 is 1.11 bits per heavy atom. The molecule has 0 bridgehead atoms. The summed E-state index contributed by atoms with van der Waals surface area (Å²) in [5.41, 5.74) is 1.54. The smallest absolute Gasteiger partial charge is 0.251 e. The minimum atomic E-state index is -0.610. The molecule has 1 atom stereocenters. The van der Waals surface area contributed by atoms with Crippen molar-refractivity contribution in [3.63, 3.8) is 0 Å². The largest absolute Gasteiger partial charge is 0.357 e. The summed E-state index contributed by atoms with van der Waals surface area (Å²) in [5, 5.41) is 5.61. The van der Waals surface area contributed by atoms with Crippen molar-refractivity contribution in [3.8, 4) is 0 Å². The van der Waals surface area contributed by atoms with Gasteiger partial charge >= 0.3 is 0 Å². The van der Waals surface area contributed by atoms with Crippen LogP contribution in [0.5, 0.6) is 0 Å². The van der Waals surface area contributed by atoms with Crippen molar-refractivity contribution in [2.45, 2.75) is 38.8 Å². The molecule has 142 valence electrons. The van der Waals surface area contributed by atoms with Gasteiger partial charge in [0, 0.05) is 31.4 Å². The number of aromatic nitrogens is 1. The Bertz CT molecular complexity index is 773. The van der Waals surface area contributed by atoms with E-state index in [1.54, 1.807) is 37.4 Å². The molecule has 1 aromatic heterocycles. The predicted octanol–water partition coefficient (Wildman–Crippen LogP) is 2.51. The molecule has 3 rings (SSSR count). The molecule has 0 spiro atoms. The van der Waals surface area contributed by atoms with E-state index < -0.39 is 6.04 Å². The maximum absolute atomic E-state index is 12.3. The minimum absolute atomic E-state index is 0.212. The lowest BCUT2D eigenvalue weighted by Crippen LogP contribution is -2.44. The molecule has 1 saturated heterocycles. The number of hydrogen-bond acceptors (Lipinski definition) is 4. The zero-order chi connectivity index (χ0) is 19.1. The van der Waals surface area contributed by atoms with Gasteiger partial charge in [0.15, 0.2) is 0 Å². The molecule has 2 aromatic rings. The van der Waals surface area contributed by atoms with Crippen molar-refractivity contribution in [1.82, 2.24) is 15.6 Å². The van der Waals surface area contributed by atoms with Gasteiger partial charge in [-0.3, -0.25) is 9.59 Å². The Hall–Kier alpha value is -2.89. The van der Waals surface area contributed by atoms with E-state index in [4.69, 9.17) is 0 Å². The van der Waals surface area contributed by atoms with Crippen LogP contribution >= 0.6 is 0 Å². The Morgan fingerprint density at radius 2 is 1.85 bits per heavy atom. The van der Waals surface area contributed by atoms with Gasteiger partial charge in [-0.15, -0.1) is 0 Å². The first-order valence-corrected chi connectivity index (χ1v) is 9.47. The van der Waals surface area contributed by atoms with Crippen LogP contribution in [-0.4, -0.2) is 35.9 Å². The van der Waals surface area contributed by atoms with E-state index in [-0.39, 0.29) is 11.8 Å². The Labute approximate surface area is 160 Å². The van der Waals surface area contributed by atoms with Gasteiger partial charge in [-0.2, -0.15) is 0 Å². The summed E-state index contributed by atoms with van der Waals surface area (Å²) in [6.07, 6.45) is 5.45. The monoisotopic (exact) mass is 366 g/mol. The zero-order valence-corrected chi connectivity index (χ0v) is 15.6. The Kier molecular flexibility index (Phi) is 6.41. The van der Waals surface area contributed by atoms with Crippen molar-refractivity contribution in [1.29, 1.82) is 0 Å². The van der Waals surface area contributed by atoms with Crippen LogP contribution in [0.1, 0.15) is 42.1 Å². The molecule has 6 nitrogen and oxygen atoms in total. The fourth-order valence-electron chi connectivity index (χ4n) is 3.14. The quantitative estimate of drug-likeness (QED) is 0.824. The van der Waals surface area contributed by atoms with Gasteiger partial charge in [0.05, 0.1) is 0 Å². The zero-order valence-electron chi connectivity index (χ0n) is 15.6. The van der Waals surface area contributed by atoms with E-state index in [0.29, 0.717) is 12.1 Å². The molecule has 2 N–H and O–H groups in total. The summed E-state index contributed by atoms with van der Waals surface area (Å²) in [6, 6.07) is 12.2. The molecule has 0 radical (unpaired) electrons. The molecule has 2 heterocycles. The van der Waals surface area contributed by atoms with Gasteiger partial charge in [-0.1, -0.05) is 18.2 Å². The van der Waals surface area contributed by atoms with Crippen molar-refractivity contribution < 1.29 is 9.59 Å². The number of carbonyl (C=O) groups is 2. The second kappa shape index (κ2) is 9.16. The summed E-state index contributed by atoms with van der Waals surface area (Å²) in [7, 11) is 0. The lowest BCUT2D eigenvalue weighted by molar-refractivity contribution is -0.122. The average Bonchev–Trinajstić information content (AvgIpc) is 2.73. The highest BCUT2D eigenvalue weighted by Gasteiger charge is 2.17. The van der Waals surface area contributed by atoms with Crippen molar-refractivity contribution in [3.05, 3.63) is 59.8 Å². The minimum Gasteiger partial charge on any atom is -0.357 e. The van der Waals surface area contributed by atoms with Crippen LogP contribution in [0.2, 0.25) is 0 Å². The molecule has 1 aliphatic heterocycles. The highest BCUT2D eigenvalue weighted by molar-refractivity contribution is 5.97. The molecule has 6 heteroatoms. The second-order valence-corrected chi connectivity index (χ2v) is 6.85. The summed E-state index contributed by atoms with van der Waals surface area (Å²) in [4.78, 5) is 31.2. The van der Waals surface area contributed by atoms with Gasteiger partial charge in [0.1, 0.15) is 11.9 Å². The molecule has 2 amide bonds. The third kappa shape index (κ3) is 5.29. The van der Waals surface area contributed by atoms with Crippen LogP contribution < -0.4 is 15.5 Å².